The minimum atomic E-state index is 0.694. The Morgan fingerprint density at radius 2 is 1.81 bits per heavy atom. The van der Waals surface area contributed by atoms with Gasteiger partial charge in [-0.15, -0.1) is 0 Å². The van der Waals surface area contributed by atoms with E-state index in [9.17, 15) is 0 Å². The van der Waals surface area contributed by atoms with E-state index in [2.05, 4.69) is 45.3 Å². The SMILES string of the molecule is CC(C)C(CNCC1NCCC1C)C(C)C. The molecule has 1 heterocycles. The van der Waals surface area contributed by atoms with Gasteiger partial charge in [-0.1, -0.05) is 34.6 Å². The van der Waals surface area contributed by atoms with Crippen LogP contribution in [0.1, 0.15) is 41.0 Å². The van der Waals surface area contributed by atoms with E-state index >= 15 is 0 Å². The van der Waals surface area contributed by atoms with Gasteiger partial charge in [0.05, 0.1) is 0 Å². The van der Waals surface area contributed by atoms with E-state index in [0.29, 0.717) is 6.04 Å². The molecule has 1 aliphatic heterocycles. The zero-order valence-electron chi connectivity index (χ0n) is 11.7. The van der Waals surface area contributed by atoms with E-state index in [1.807, 2.05) is 0 Å². The summed E-state index contributed by atoms with van der Waals surface area (Å²) in [5, 5.41) is 7.23. The van der Waals surface area contributed by atoms with E-state index < -0.39 is 0 Å². The molecule has 1 aliphatic rings. The second-order valence-electron chi connectivity index (χ2n) is 6.14. The largest absolute Gasteiger partial charge is 0.315 e. The van der Waals surface area contributed by atoms with Crippen LogP contribution in [0.3, 0.4) is 0 Å². The summed E-state index contributed by atoms with van der Waals surface area (Å²) < 4.78 is 0. The molecule has 1 fully saturated rings. The normalized spacial score (nSPS) is 26.2. The highest BCUT2D eigenvalue weighted by Gasteiger charge is 2.23. The molecule has 16 heavy (non-hydrogen) atoms. The predicted octanol–water partition coefficient (Wildman–Crippen LogP) is 2.50. The second kappa shape index (κ2) is 6.61. The van der Waals surface area contributed by atoms with Crippen LogP contribution in [0.4, 0.5) is 0 Å². The van der Waals surface area contributed by atoms with E-state index in [-0.39, 0.29) is 0 Å². The number of hydrogen-bond donors (Lipinski definition) is 2. The van der Waals surface area contributed by atoms with Crippen molar-refractivity contribution >= 4 is 0 Å². The average Bonchev–Trinajstić information content (AvgIpc) is 2.57. The van der Waals surface area contributed by atoms with E-state index in [4.69, 9.17) is 0 Å². The van der Waals surface area contributed by atoms with Gasteiger partial charge in [-0.25, -0.2) is 0 Å². The molecule has 1 rings (SSSR count). The Labute approximate surface area is 102 Å². The summed E-state index contributed by atoms with van der Waals surface area (Å²) in [6.07, 6.45) is 1.34. The Hall–Kier alpha value is -0.0800. The lowest BCUT2D eigenvalue weighted by atomic mass is 9.85. The zero-order chi connectivity index (χ0) is 12.1. The molecule has 0 aromatic carbocycles. The minimum Gasteiger partial charge on any atom is -0.315 e. The van der Waals surface area contributed by atoms with Crippen LogP contribution in [0, 0.1) is 23.7 Å². The van der Waals surface area contributed by atoms with Crippen LogP contribution in [0.15, 0.2) is 0 Å². The van der Waals surface area contributed by atoms with Crippen molar-refractivity contribution in [3.63, 3.8) is 0 Å². The van der Waals surface area contributed by atoms with Crippen molar-refractivity contribution in [1.82, 2.24) is 10.6 Å². The highest BCUT2D eigenvalue weighted by molar-refractivity contribution is 4.83. The van der Waals surface area contributed by atoms with Crippen LogP contribution >= 0.6 is 0 Å². The lowest BCUT2D eigenvalue weighted by molar-refractivity contribution is 0.270. The summed E-state index contributed by atoms with van der Waals surface area (Å²) in [6, 6.07) is 0.694. The first-order chi connectivity index (χ1) is 7.52. The molecule has 0 spiro atoms. The van der Waals surface area contributed by atoms with Gasteiger partial charge in [0.15, 0.2) is 0 Å². The minimum absolute atomic E-state index is 0.694. The molecule has 0 amide bonds. The molecular weight excluding hydrogens is 196 g/mol. The summed E-state index contributed by atoms with van der Waals surface area (Å²) in [6.45, 7) is 15.2. The fourth-order valence-corrected chi connectivity index (χ4v) is 2.82. The summed E-state index contributed by atoms with van der Waals surface area (Å²) in [5.41, 5.74) is 0. The molecule has 2 heteroatoms. The van der Waals surface area contributed by atoms with Crippen molar-refractivity contribution in [1.29, 1.82) is 0 Å². The van der Waals surface area contributed by atoms with Crippen molar-refractivity contribution < 1.29 is 0 Å². The van der Waals surface area contributed by atoms with Gasteiger partial charge in [0.1, 0.15) is 0 Å². The van der Waals surface area contributed by atoms with Crippen molar-refractivity contribution in [2.75, 3.05) is 19.6 Å². The van der Waals surface area contributed by atoms with Gasteiger partial charge in [0.2, 0.25) is 0 Å². The molecule has 2 atom stereocenters. The Morgan fingerprint density at radius 1 is 1.19 bits per heavy atom. The van der Waals surface area contributed by atoms with Gasteiger partial charge in [-0.3, -0.25) is 0 Å². The Balaban J connectivity index is 2.22. The summed E-state index contributed by atoms with van der Waals surface area (Å²) in [7, 11) is 0. The standard InChI is InChI=1S/C14H30N2/c1-10(2)13(11(3)4)8-15-9-14-12(5)6-7-16-14/h10-16H,6-9H2,1-5H3. The van der Waals surface area contributed by atoms with Gasteiger partial charge in [0, 0.05) is 12.6 Å². The fraction of sp³-hybridized carbons (Fsp3) is 1.00. The van der Waals surface area contributed by atoms with Gasteiger partial charge in [0.25, 0.3) is 0 Å². The van der Waals surface area contributed by atoms with Gasteiger partial charge in [-0.05, 0) is 43.2 Å². The number of rotatable bonds is 6. The molecule has 96 valence electrons. The van der Waals surface area contributed by atoms with Gasteiger partial charge < -0.3 is 10.6 Å². The molecule has 0 aliphatic carbocycles. The maximum absolute atomic E-state index is 3.66. The van der Waals surface area contributed by atoms with E-state index in [1.165, 1.54) is 19.5 Å². The zero-order valence-corrected chi connectivity index (χ0v) is 11.7. The summed E-state index contributed by atoms with van der Waals surface area (Å²) in [5.74, 6) is 3.20. The molecule has 2 unspecified atom stereocenters. The summed E-state index contributed by atoms with van der Waals surface area (Å²) >= 11 is 0. The van der Waals surface area contributed by atoms with Crippen LogP contribution in [-0.4, -0.2) is 25.7 Å². The lowest BCUT2D eigenvalue weighted by Gasteiger charge is -2.26. The molecule has 0 saturated carbocycles. The summed E-state index contributed by atoms with van der Waals surface area (Å²) in [4.78, 5) is 0. The Morgan fingerprint density at radius 3 is 2.25 bits per heavy atom. The second-order valence-corrected chi connectivity index (χ2v) is 6.14. The molecular formula is C14H30N2. The van der Waals surface area contributed by atoms with E-state index in [0.717, 1.165) is 30.2 Å². The van der Waals surface area contributed by atoms with Crippen LogP contribution < -0.4 is 10.6 Å². The molecule has 2 N–H and O–H groups in total. The third kappa shape index (κ3) is 4.06. The molecule has 0 aromatic rings. The first-order valence-electron chi connectivity index (χ1n) is 6.96. The van der Waals surface area contributed by atoms with Crippen molar-refractivity contribution in [2.45, 2.75) is 47.1 Å². The Bertz CT molecular complexity index is 181. The Kier molecular flexibility index (Phi) is 5.77. The first kappa shape index (κ1) is 14.0. The van der Waals surface area contributed by atoms with Crippen LogP contribution in [-0.2, 0) is 0 Å². The molecule has 0 aromatic heterocycles. The molecule has 1 saturated heterocycles. The smallest absolute Gasteiger partial charge is 0.0218 e. The third-order valence-electron chi connectivity index (χ3n) is 4.15. The van der Waals surface area contributed by atoms with Gasteiger partial charge >= 0.3 is 0 Å². The van der Waals surface area contributed by atoms with Crippen LogP contribution in [0.5, 0.6) is 0 Å². The number of hydrogen-bond acceptors (Lipinski definition) is 2. The maximum atomic E-state index is 3.66. The van der Waals surface area contributed by atoms with Gasteiger partial charge in [-0.2, -0.15) is 0 Å². The molecule has 0 bridgehead atoms. The predicted molar refractivity (Wildman–Crippen MR) is 71.6 cm³/mol. The first-order valence-corrected chi connectivity index (χ1v) is 6.96. The highest BCUT2D eigenvalue weighted by Crippen LogP contribution is 2.19. The lowest BCUT2D eigenvalue weighted by Crippen LogP contribution is -2.40. The molecule has 2 nitrogen and oxygen atoms in total. The van der Waals surface area contributed by atoms with Crippen molar-refractivity contribution in [3.05, 3.63) is 0 Å². The van der Waals surface area contributed by atoms with Crippen LogP contribution in [0.25, 0.3) is 0 Å². The van der Waals surface area contributed by atoms with E-state index in [1.54, 1.807) is 0 Å². The van der Waals surface area contributed by atoms with Crippen LogP contribution in [0.2, 0.25) is 0 Å². The average molecular weight is 226 g/mol. The fourth-order valence-electron chi connectivity index (χ4n) is 2.82. The number of nitrogens with one attached hydrogen (secondary N) is 2. The third-order valence-corrected chi connectivity index (χ3v) is 4.15. The maximum Gasteiger partial charge on any atom is 0.0218 e. The highest BCUT2D eigenvalue weighted by atomic mass is 15.0. The monoisotopic (exact) mass is 226 g/mol. The molecule has 0 radical (unpaired) electrons. The quantitative estimate of drug-likeness (QED) is 0.727. The topological polar surface area (TPSA) is 24.1 Å². The van der Waals surface area contributed by atoms with Crippen molar-refractivity contribution in [3.8, 4) is 0 Å². The van der Waals surface area contributed by atoms with Crippen molar-refractivity contribution in [2.24, 2.45) is 23.7 Å².